The van der Waals surface area contributed by atoms with Crippen molar-refractivity contribution in [3.63, 3.8) is 0 Å². The molecule has 0 bridgehead atoms. The first-order chi connectivity index (χ1) is 19.4. The Bertz CT molecular complexity index is 1730. The minimum absolute atomic E-state index is 0.127. The second-order valence-electron chi connectivity index (χ2n) is 8.93. The number of hydrogen-bond acceptors (Lipinski definition) is 5. The largest absolute Gasteiger partial charge is 0.462 e. The zero-order chi connectivity index (χ0) is 28.2. The van der Waals surface area contributed by atoms with E-state index in [-0.39, 0.29) is 29.2 Å². The number of carbonyl (C=O) groups is 3. The van der Waals surface area contributed by atoms with Gasteiger partial charge in [-0.3, -0.25) is 4.79 Å². The van der Waals surface area contributed by atoms with Crippen LogP contribution in [0.2, 0.25) is 0 Å². The van der Waals surface area contributed by atoms with Crippen LogP contribution >= 0.6 is 0 Å². The lowest BCUT2D eigenvalue weighted by Gasteiger charge is -2.11. The number of hydrogen-bond donors (Lipinski definition) is 1. The number of anilines is 1. The fraction of sp³-hybridized carbons (Fsp3) is 0.0938. The number of amides is 1. The van der Waals surface area contributed by atoms with E-state index in [4.69, 9.17) is 9.47 Å². The van der Waals surface area contributed by atoms with Crippen LogP contribution < -0.4 is 10.1 Å². The summed E-state index contributed by atoms with van der Waals surface area (Å²) in [5.74, 6) is -1.92. The van der Waals surface area contributed by atoms with Crippen LogP contribution in [0.5, 0.6) is 5.75 Å². The highest BCUT2D eigenvalue weighted by Crippen LogP contribution is 2.33. The number of halogens is 1. The first kappa shape index (κ1) is 26.4. The fourth-order valence-corrected chi connectivity index (χ4v) is 4.56. The van der Waals surface area contributed by atoms with Crippen LogP contribution in [-0.4, -0.2) is 29.0 Å². The predicted molar refractivity (Wildman–Crippen MR) is 150 cm³/mol. The molecule has 8 heteroatoms. The van der Waals surface area contributed by atoms with E-state index in [1.807, 2.05) is 41.8 Å². The lowest BCUT2D eigenvalue weighted by atomic mass is 10.1. The van der Waals surface area contributed by atoms with Crippen molar-refractivity contribution in [1.29, 1.82) is 0 Å². The molecule has 0 radical (unpaired) electrons. The zero-order valence-corrected chi connectivity index (χ0v) is 21.8. The number of aromatic nitrogens is 1. The molecule has 1 N–H and O–H groups in total. The zero-order valence-electron chi connectivity index (χ0n) is 21.8. The summed E-state index contributed by atoms with van der Waals surface area (Å²) in [5, 5.41) is 3.26. The Morgan fingerprint density at radius 1 is 0.850 bits per heavy atom. The summed E-state index contributed by atoms with van der Waals surface area (Å²) in [6, 6.07) is 26.2. The Kier molecular flexibility index (Phi) is 7.41. The summed E-state index contributed by atoms with van der Waals surface area (Å²) in [6.45, 7) is 3.79. The van der Waals surface area contributed by atoms with Crippen LogP contribution in [-0.2, 0) is 4.74 Å². The van der Waals surface area contributed by atoms with Gasteiger partial charge in [0.2, 0.25) is 0 Å². The molecule has 0 unspecified atom stereocenters. The molecule has 0 aliphatic carbocycles. The van der Waals surface area contributed by atoms with Gasteiger partial charge in [0.05, 0.1) is 28.9 Å². The highest BCUT2D eigenvalue weighted by molar-refractivity contribution is 6.09. The normalized spacial score (nSPS) is 10.8. The van der Waals surface area contributed by atoms with Crippen LogP contribution in [0, 0.1) is 12.7 Å². The molecule has 5 rings (SSSR count). The molecule has 1 heterocycles. The number of ether oxygens (including phenoxy) is 2. The van der Waals surface area contributed by atoms with Crippen molar-refractivity contribution in [2.75, 3.05) is 11.9 Å². The van der Waals surface area contributed by atoms with Crippen molar-refractivity contribution in [1.82, 2.24) is 4.57 Å². The van der Waals surface area contributed by atoms with E-state index in [1.54, 1.807) is 43.3 Å². The first-order valence-corrected chi connectivity index (χ1v) is 12.6. The molecule has 0 saturated heterocycles. The number of carbonyl (C=O) groups excluding carboxylic acids is 3. The van der Waals surface area contributed by atoms with E-state index in [1.165, 1.54) is 30.3 Å². The maximum absolute atomic E-state index is 13.2. The molecule has 0 aliphatic rings. The SMILES string of the molecule is CCOC(=O)c1c(C)n(-c2ccccc2)c2ccc(OC(=O)c3ccccc3NC(=O)c3ccc(F)cc3)cc12. The minimum atomic E-state index is -0.703. The highest BCUT2D eigenvalue weighted by atomic mass is 19.1. The van der Waals surface area contributed by atoms with E-state index in [0.717, 1.165) is 11.2 Å². The van der Waals surface area contributed by atoms with Gasteiger partial charge in [-0.25, -0.2) is 14.0 Å². The van der Waals surface area contributed by atoms with Gasteiger partial charge in [-0.1, -0.05) is 30.3 Å². The molecule has 40 heavy (non-hydrogen) atoms. The predicted octanol–water partition coefficient (Wildman–Crippen LogP) is 6.73. The summed E-state index contributed by atoms with van der Waals surface area (Å²) < 4.78 is 26.2. The Morgan fingerprint density at radius 3 is 2.27 bits per heavy atom. The third-order valence-electron chi connectivity index (χ3n) is 6.38. The molecular formula is C32H25FN2O5. The molecule has 0 saturated carbocycles. The first-order valence-electron chi connectivity index (χ1n) is 12.6. The van der Waals surface area contributed by atoms with Crippen molar-refractivity contribution in [3.8, 4) is 11.4 Å². The third kappa shape index (κ3) is 5.19. The number of benzene rings is 4. The summed E-state index contributed by atoms with van der Waals surface area (Å²) in [7, 11) is 0. The molecular weight excluding hydrogens is 511 g/mol. The molecule has 4 aromatic carbocycles. The molecule has 0 aliphatic heterocycles. The van der Waals surface area contributed by atoms with Crippen LogP contribution in [0.3, 0.4) is 0 Å². The van der Waals surface area contributed by atoms with Gasteiger partial charge in [-0.2, -0.15) is 0 Å². The number of nitrogens with one attached hydrogen (secondary N) is 1. The fourth-order valence-electron chi connectivity index (χ4n) is 4.56. The van der Waals surface area contributed by atoms with Crippen LogP contribution in [0.15, 0.2) is 97.1 Å². The number of fused-ring (bicyclic) bond motifs is 1. The van der Waals surface area contributed by atoms with E-state index < -0.39 is 23.7 Å². The van der Waals surface area contributed by atoms with Gasteiger partial charge in [0, 0.05) is 22.3 Å². The summed E-state index contributed by atoms with van der Waals surface area (Å²) in [4.78, 5) is 38.9. The minimum Gasteiger partial charge on any atom is -0.462 e. The molecule has 0 spiro atoms. The Morgan fingerprint density at radius 2 is 1.55 bits per heavy atom. The second kappa shape index (κ2) is 11.2. The maximum Gasteiger partial charge on any atom is 0.345 e. The Balaban J connectivity index is 1.48. The highest BCUT2D eigenvalue weighted by Gasteiger charge is 2.23. The van der Waals surface area contributed by atoms with Crippen molar-refractivity contribution in [2.45, 2.75) is 13.8 Å². The average Bonchev–Trinajstić information content (AvgIpc) is 3.25. The van der Waals surface area contributed by atoms with Crippen LogP contribution in [0.25, 0.3) is 16.6 Å². The van der Waals surface area contributed by atoms with Gasteiger partial charge in [-0.15, -0.1) is 0 Å². The second-order valence-corrected chi connectivity index (χ2v) is 8.93. The third-order valence-corrected chi connectivity index (χ3v) is 6.38. The summed E-state index contributed by atoms with van der Waals surface area (Å²) >= 11 is 0. The van der Waals surface area contributed by atoms with E-state index >= 15 is 0 Å². The molecule has 1 aromatic heterocycles. The van der Waals surface area contributed by atoms with E-state index in [2.05, 4.69) is 5.32 Å². The number of para-hydroxylation sites is 2. The Labute approximate surface area is 229 Å². The lowest BCUT2D eigenvalue weighted by molar-refractivity contribution is 0.0527. The molecule has 0 fully saturated rings. The van der Waals surface area contributed by atoms with Crippen molar-refractivity contribution in [2.24, 2.45) is 0 Å². The van der Waals surface area contributed by atoms with E-state index in [9.17, 15) is 18.8 Å². The molecule has 7 nitrogen and oxygen atoms in total. The molecule has 5 aromatic rings. The van der Waals surface area contributed by atoms with Crippen molar-refractivity contribution in [3.05, 3.63) is 125 Å². The van der Waals surface area contributed by atoms with Gasteiger partial charge < -0.3 is 19.4 Å². The van der Waals surface area contributed by atoms with Gasteiger partial charge in [0.15, 0.2) is 0 Å². The Hall–Kier alpha value is -5.24. The molecule has 0 atom stereocenters. The van der Waals surface area contributed by atoms with E-state index in [0.29, 0.717) is 16.6 Å². The molecule has 200 valence electrons. The van der Waals surface area contributed by atoms with Crippen molar-refractivity contribution >= 4 is 34.4 Å². The van der Waals surface area contributed by atoms with Gasteiger partial charge in [-0.05, 0) is 80.6 Å². The topological polar surface area (TPSA) is 86.6 Å². The van der Waals surface area contributed by atoms with Gasteiger partial charge >= 0.3 is 11.9 Å². The maximum atomic E-state index is 13.2. The average molecular weight is 537 g/mol. The van der Waals surface area contributed by atoms with Crippen LogP contribution in [0.1, 0.15) is 43.7 Å². The number of nitrogens with zero attached hydrogens (tertiary/aromatic N) is 1. The number of rotatable bonds is 7. The van der Waals surface area contributed by atoms with Crippen molar-refractivity contribution < 1.29 is 28.2 Å². The molecule has 1 amide bonds. The van der Waals surface area contributed by atoms with Gasteiger partial charge in [0.25, 0.3) is 5.91 Å². The summed E-state index contributed by atoms with van der Waals surface area (Å²) in [5.41, 5.74) is 3.29. The standard InChI is InChI=1S/C32H25FN2O5/c1-3-39-32(38)29-20(2)35(23-9-5-4-6-10-23)28-18-17-24(19-26(28)29)40-31(37)25-11-7-8-12-27(25)34-30(36)21-13-15-22(33)16-14-21/h4-19H,3H2,1-2H3,(H,34,36). The van der Waals surface area contributed by atoms with Gasteiger partial charge in [0.1, 0.15) is 11.6 Å². The summed E-state index contributed by atoms with van der Waals surface area (Å²) in [6.07, 6.45) is 0. The monoisotopic (exact) mass is 536 g/mol. The number of esters is 2. The quantitative estimate of drug-likeness (QED) is 0.184. The smallest absolute Gasteiger partial charge is 0.345 e. The van der Waals surface area contributed by atoms with Crippen LogP contribution in [0.4, 0.5) is 10.1 Å². The lowest BCUT2D eigenvalue weighted by Crippen LogP contribution is -2.17.